The van der Waals surface area contributed by atoms with Crippen molar-refractivity contribution in [2.24, 2.45) is 0 Å². The highest BCUT2D eigenvalue weighted by molar-refractivity contribution is 6.31. The fourth-order valence-corrected chi connectivity index (χ4v) is 5.08. The van der Waals surface area contributed by atoms with Gasteiger partial charge in [-0.05, 0) is 62.2 Å². The lowest BCUT2D eigenvalue weighted by Crippen LogP contribution is -2.44. The van der Waals surface area contributed by atoms with E-state index in [1.807, 2.05) is 16.7 Å². The molecule has 6 nitrogen and oxygen atoms in total. The van der Waals surface area contributed by atoms with Gasteiger partial charge in [0.05, 0.1) is 6.04 Å². The van der Waals surface area contributed by atoms with Crippen molar-refractivity contribution in [3.63, 3.8) is 0 Å². The van der Waals surface area contributed by atoms with Crippen LogP contribution in [-0.2, 0) is 13.1 Å². The van der Waals surface area contributed by atoms with Gasteiger partial charge in [0.1, 0.15) is 5.65 Å². The van der Waals surface area contributed by atoms with Crippen molar-refractivity contribution in [3.8, 4) is 0 Å². The van der Waals surface area contributed by atoms with E-state index in [9.17, 15) is 9.59 Å². The maximum atomic E-state index is 12.6. The highest BCUT2D eigenvalue weighted by Gasteiger charge is 2.29. The second-order valence-electron chi connectivity index (χ2n) is 8.64. The Morgan fingerprint density at radius 3 is 2.52 bits per heavy atom. The van der Waals surface area contributed by atoms with Crippen molar-refractivity contribution < 1.29 is 0 Å². The summed E-state index contributed by atoms with van der Waals surface area (Å²) in [4.78, 5) is 27.3. The Labute approximate surface area is 186 Å². The highest BCUT2D eigenvalue weighted by Crippen LogP contribution is 2.25. The first kappa shape index (κ1) is 20.5. The zero-order valence-electron chi connectivity index (χ0n) is 17.4. The molecule has 31 heavy (non-hydrogen) atoms. The van der Waals surface area contributed by atoms with Gasteiger partial charge in [0, 0.05) is 48.2 Å². The Kier molecular flexibility index (Phi) is 5.46. The van der Waals surface area contributed by atoms with E-state index in [1.54, 1.807) is 28.8 Å². The number of aromatic nitrogens is 2. The predicted molar refractivity (Wildman–Crippen MR) is 124 cm³/mol. The minimum atomic E-state index is -0.0377. The molecule has 1 aromatic carbocycles. The molecule has 2 aliphatic heterocycles. The van der Waals surface area contributed by atoms with Crippen LogP contribution in [0.2, 0.25) is 5.02 Å². The molecule has 0 unspecified atom stereocenters. The van der Waals surface area contributed by atoms with Gasteiger partial charge in [-0.2, -0.15) is 0 Å². The standard InChI is InChI=1S/C24H26ClN4O2/c1-16-2-3-17(12-21(16)25)13-26-19-8-10-27(11-9-19)14-20-15-28-22(30)6-4-18-5-7-23(31)29(20)24(18)28/h2-7,12,19-20,26H,1,8-11,13-15H2/t20-/m1/s1. The van der Waals surface area contributed by atoms with Gasteiger partial charge in [0.15, 0.2) is 0 Å². The molecule has 0 aliphatic carbocycles. The van der Waals surface area contributed by atoms with Crippen LogP contribution in [0.25, 0.3) is 11.0 Å². The zero-order valence-corrected chi connectivity index (χ0v) is 18.1. The number of hydrogen-bond donors (Lipinski definition) is 1. The van der Waals surface area contributed by atoms with Crippen LogP contribution >= 0.6 is 11.6 Å². The second-order valence-corrected chi connectivity index (χ2v) is 9.05. The maximum absolute atomic E-state index is 12.6. The molecule has 1 N–H and O–H groups in total. The molecule has 2 aromatic heterocycles. The van der Waals surface area contributed by atoms with Crippen LogP contribution in [0.5, 0.6) is 0 Å². The normalized spacial score (nSPS) is 19.4. The van der Waals surface area contributed by atoms with E-state index in [-0.39, 0.29) is 17.2 Å². The quantitative estimate of drug-likeness (QED) is 0.666. The zero-order chi connectivity index (χ0) is 21.5. The van der Waals surface area contributed by atoms with E-state index < -0.39 is 0 Å². The van der Waals surface area contributed by atoms with Crippen molar-refractivity contribution in [1.29, 1.82) is 0 Å². The van der Waals surface area contributed by atoms with Crippen molar-refractivity contribution in [2.45, 2.75) is 38.0 Å². The topological polar surface area (TPSA) is 59.3 Å². The van der Waals surface area contributed by atoms with E-state index in [2.05, 4.69) is 23.2 Å². The Morgan fingerprint density at radius 2 is 1.77 bits per heavy atom. The Balaban J connectivity index is 1.21. The average Bonchev–Trinajstić information content (AvgIpc) is 3.15. The van der Waals surface area contributed by atoms with E-state index in [4.69, 9.17) is 11.6 Å². The van der Waals surface area contributed by atoms with Crippen LogP contribution in [0.15, 0.2) is 52.1 Å². The maximum Gasteiger partial charge on any atom is 0.252 e. The van der Waals surface area contributed by atoms with Crippen molar-refractivity contribution in [2.75, 3.05) is 19.6 Å². The van der Waals surface area contributed by atoms with Gasteiger partial charge < -0.3 is 10.2 Å². The fraction of sp³-hybridized carbons (Fsp3) is 0.375. The van der Waals surface area contributed by atoms with Gasteiger partial charge in [-0.3, -0.25) is 18.7 Å². The van der Waals surface area contributed by atoms with E-state index in [0.717, 1.165) is 55.6 Å². The number of hydrogen-bond acceptors (Lipinski definition) is 4. The second kappa shape index (κ2) is 8.26. The molecule has 161 valence electrons. The lowest BCUT2D eigenvalue weighted by Gasteiger charge is -2.34. The van der Waals surface area contributed by atoms with Crippen LogP contribution in [0.4, 0.5) is 0 Å². The molecule has 2 aliphatic rings. The summed E-state index contributed by atoms with van der Waals surface area (Å²) in [5, 5.41) is 5.29. The minimum Gasteiger partial charge on any atom is -0.310 e. The summed E-state index contributed by atoms with van der Waals surface area (Å²) in [7, 11) is 0. The van der Waals surface area contributed by atoms with Crippen molar-refractivity contribution in [3.05, 3.63) is 86.2 Å². The highest BCUT2D eigenvalue weighted by atomic mass is 35.5. The van der Waals surface area contributed by atoms with Crippen LogP contribution in [0, 0.1) is 6.92 Å². The van der Waals surface area contributed by atoms with Gasteiger partial charge in [0.2, 0.25) is 0 Å². The van der Waals surface area contributed by atoms with Gasteiger partial charge in [-0.15, -0.1) is 0 Å². The van der Waals surface area contributed by atoms with Crippen LogP contribution in [0.1, 0.15) is 30.0 Å². The molecule has 1 radical (unpaired) electrons. The van der Waals surface area contributed by atoms with Crippen LogP contribution in [-0.4, -0.2) is 39.7 Å². The third-order valence-electron chi connectivity index (χ3n) is 6.58. The fourth-order valence-electron chi connectivity index (χ4n) is 4.87. The lowest BCUT2D eigenvalue weighted by atomic mass is 10.0. The molecule has 5 rings (SSSR count). The summed E-state index contributed by atoms with van der Waals surface area (Å²) in [5.41, 5.74) is 2.71. The van der Waals surface area contributed by atoms with E-state index in [0.29, 0.717) is 17.6 Å². The first-order chi connectivity index (χ1) is 15.0. The number of pyridine rings is 2. The minimum absolute atomic E-state index is 0.000816. The summed E-state index contributed by atoms with van der Waals surface area (Å²) < 4.78 is 3.56. The summed E-state index contributed by atoms with van der Waals surface area (Å²) >= 11 is 6.18. The van der Waals surface area contributed by atoms with Gasteiger partial charge in [-0.25, -0.2) is 0 Å². The molecule has 1 atom stereocenters. The number of halogens is 1. The first-order valence-electron chi connectivity index (χ1n) is 10.8. The SMILES string of the molecule is [CH2]c1ccc(CNC2CCN(C[C@@H]3Cn4c(=O)ccc5ccc(=O)n3c54)CC2)cc1Cl. The lowest BCUT2D eigenvalue weighted by molar-refractivity contribution is 0.171. The molecule has 7 heteroatoms. The summed E-state index contributed by atoms with van der Waals surface area (Å²) in [6.07, 6.45) is 2.11. The third kappa shape index (κ3) is 3.95. The molecule has 1 fully saturated rings. The Morgan fingerprint density at radius 1 is 1.03 bits per heavy atom. The number of benzene rings is 1. The molecular weight excluding hydrogens is 412 g/mol. The number of rotatable bonds is 5. The third-order valence-corrected chi connectivity index (χ3v) is 6.94. The van der Waals surface area contributed by atoms with E-state index in [1.165, 1.54) is 5.56 Å². The van der Waals surface area contributed by atoms with Crippen molar-refractivity contribution >= 4 is 22.6 Å². The molecule has 1 saturated heterocycles. The summed E-state index contributed by atoms with van der Waals surface area (Å²) in [6.45, 7) is 7.99. The number of piperidine rings is 1. The molecule has 0 amide bonds. The molecular formula is C24H26ClN4O2. The molecule has 4 heterocycles. The first-order valence-corrected chi connectivity index (χ1v) is 11.2. The average molecular weight is 438 g/mol. The summed E-state index contributed by atoms with van der Waals surface area (Å²) in [6, 6.07) is 13.3. The summed E-state index contributed by atoms with van der Waals surface area (Å²) in [5.74, 6) is 0. The smallest absolute Gasteiger partial charge is 0.252 e. The monoisotopic (exact) mass is 437 g/mol. The number of likely N-dealkylation sites (tertiary alicyclic amines) is 1. The Hall–Kier alpha value is -2.41. The molecule has 3 aromatic rings. The predicted octanol–water partition coefficient (Wildman–Crippen LogP) is 2.81. The Bertz CT molecular complexity index is 1240. The van der Waals surface area contributed by atoms with Gasteiger partial charge in [-0.1, -0.05) is 23.7 Å². The van der Waals surface area contributed by atoms with Crippen LogP contribution < -0.4 is 16.4 Å². The largest absolute Gasteiger partial charge is 0.310 e. The van der Waals surface area contributed by atoms with Gasteiger partial charge >= 0.3 is 0 Å². The molecule has 0 bridgehead atoms. The van der Waals surface area contributed by atoms with Crippen molar-refractivity contribution in [1.82, 2.24) is 19.4 Å². The molecule has 0 saturated carbocycles. The van der Waals surface area contributed by atoms with E-state index >= 15 is 0 Å². The molecule has 0 spiro atoms. The van der Waals surface area contributed by atoms with Gasteiger partial charge in [0.25, 0.3) is 11.1 Å². The number of nitrogens with zero attached hydrogens (tertiary/aromatic N) is 3. The number of nitrogens with one attached hydrogen (secondary N) is 1. The van der Waals surface area contributed by atoms with Crippen LogP contribution in [0.3, 0.4) is 0 Å².